The maximum atomic E-state index is 13.5. The molecule has 5 heteroatoms. The summed E-state index contributed by atoms with van der Waals surface area (Å²) in [5.41, 5.74) is 4.09. The van der Waals surface area contributed by atoms with E-state index in [1.807, 2.05) is 36.4 Å². The van der Waals surface area contributed by atoms with E-state index in [0.29, 0.717) is 11.4 Å². The van der Waals surface area contributed by atoms with E-state index in [9.17, 15) is 4.39 Å². The summed E-state index contributed by atoms with van der Waals surface area (Å²) in [5.74, 6) is 0.288. The SMILES string of the molecule is Fc1ccc(Br)cc1/C=N/Nc1ccc2ccccc2n1. The molecule has 21 heavy (non-hydrogen) atoms. The quantitative estimate of drug-likeness (QED) is 0.558. The van der Waals surface area contributed by atoms with Gasteiger partial charge in [0.15, 0.2) is 0 Å². The number of nitrogens with zero attached hydrogens (tertiary/aromatic N) is 2. The molecule has 0 saturated carbocycles. The number of aromatic nitrogens is 1. The number of hydrogen-bond acceptors (Lipinski definition) is 3. The van der Waals surface area contributed by atoms with Gasteiger partial charge in [0.05, 0.1) is 11.7 Å². The van der Waals surface area contributed by atoms with Crippen LogP contribution in [0, 0.1) is 5.82 Å². The topological polar surface area (TPSA) is 37.3 Å². The van der Waals surface area contributed by atoms with Gasteiger partial charge in [-0.2, -0.15) is 5.10 Å². The summed E-state index contributed by atoms with van der Waals surface area (Å²) < 4.78 is 14.3. The Labute approximate surface area is 129 Å². The number of hydrogen-bond donors (Lipinski definition) is 1. The van der Waals surface area contributed by atoms with Crippen LogP contribution in [0.4, 0.5) is 10.2 Å². The summed E-state index contributed by atoms with van der Waals surface area (Å²) in [6, 6.07) is 16.3. The van der Waals surface area contributed by atoms with Crippen molar-refractivity contribution in [3.63, 3.8) is 0 Å². The molecule has 0 aliphatic heterocycles. The zero-order chi connectivity index (χ0) is 14.7. The van der Waals surface area contributed by atoms with E-state index >= 15 is 0 Å². The molecule has 0 spiro atoms. The molecule has 3 rings (SSSR count). The third-order valence-corrected chi connectivity index (χ3v) is 3.43. The minimum absolute atomic E-state index is 0.324. The first-order chi connectivity index (χ1) is 10.2. The average Bonchev–Trinajstić information content (AvgIpc) is 2.50. The monoisotopic (exact) mass is 343 g/mol. The minimum atomic E-state index is -0.324. The Hall–Kier alpha value is -2.27. The van der Waals surface area contributed by atoms with Crippen LogP contribution in [0.2, 0.25) is 0 Å². The number of halogens is 2. The smallest absolute Gasteiger partial charge is 0.146 e. The molecule has 1 N–H and O–H groups in total. The zero-order valence-corrected chi connectivity index (χ0v) is 12.5. The lowest BCUT2D eigenvalue weighted by atomic mass is 10.2. The van der Waals surface area contributed by atoms with E-state index in [4.69, 9.17) is 0 Å². The largest absolute Gasteiger partial charge is 0.261 e. The van der Waals surface area contributed by atoms with E-state index in [2.05, 4.69) is 31.4 Å². The molecule has 104 valence electrons. The third-order valence-electron chi connectivity index (χ3n) is 2.94. The van der Waals surface area contributed by atoms with Gasteiger partial charge in [-0.1, -0.05) is 34.1 Å². The average molecular weight is 344 g/mol. The molecule has 1 aromatic heterocycles. The summed E-state index contributed by atoms with van der Waals surface area (Å²) in [5, 5.41) is 5.08. The van der Waals surface area contributed by atoms with Gasteiger partial charge in [-0.25, -0.2) is 9.37 Å². The lowest BCUT2D eigenvalue weighted by molar-refractivity contribution is 0.625. The van der Waals surface area contributed by atoms with Crippen molar-refractivity contribution in [3.05, 3.63) is 70.5 Å². The van der Waals surface area contributed by atoms with Gasteiger partial charge in [-0.15, -0.1) is 0 Å². The molecule has 1 heterocycles. The minimum Gasteiger partial charge on any atom is -0.261 e. The van der Waals surface area contributed by atoms with E-state index < -0.39 is 0 Å². The van der Waals surface area contributed by atoms with Gasteiger partial charge in [0.2, 0.25) is 0 Å². The van der Waals surface area contributed by atoms with E-state index in [1.54, 1.807) is 12.1 Å². The van der Waals surface area contributed by atoms with Gasteiger partial charge in [0.25, 0.3) is 0 Å². The molecule has 0 atom stereocenters. The second kappa shape index (κ2) is 6.01. The Morgan fingerprint density at radius 1 is 1.10 bits per heavy atom. The molecule has 0 saturated heterocycles. The van der Waals surface area contributed by atoms with Gasteiger partial charge in [0.1, 0.15) is 11.6 Å². The first kappa shape index (κ1) is 13.7. The number of pyridine rings is 1. The predicted molar refractivity (Wildman–Crippen MR) is 87.1 cm³/mol. The van der Waals surface area contributed by atoms with Crippen molar-refractivity contribution in [1.82, 2.24) is 4.98 Å². The Morgan fingerprint density at radius 3 is 2.86 bits per heavy atom. The number of rotatable bonds is 3. The summed E-state index contributed by atoms with van der Waals surface area (Å²) in [7, 11) is 0. The van der Waals surface area contributed by atoms with Crippen molar-refractivity contribution >= 4 is 38.9 Å². The van der Waals surface area contributed by atoms with Gasteiger partial charge >= 0.3 is 0 Å². The highest BCUT2D eigenvalue weighted by atomic mass is 79.9. The lowest BCUT2D eigenvalue weighted by Crippen LogP contribution is -1.95. The second-order valence-corrected chi connectivity index (χ2v) is 5.34. The fourth-order valence-corrected chi connectivity index (χ4v) is 2.29. The predicted octanol–water partition coefficient (Wildman–Crippen LogP) is 4.58. The summed E-state index contributed by atoms with van der Waals surface area (Å²) >= 11 is 3.30. The number of benzene rings is 2. The van der Waals surface area contributed by atoms with E-state index in [1.165, 1.54) is 12.3 Å². The second-order valence-electron chi connectivity index (χ2n) is 4.43. The molecule has 0 radical (unpaired) electrons. The molecule has 0 bridgehead atoms. The summed E-state index contributed by atoms with van der Waals surface area (Å²) in [4.78, 5) is 4.42. The van der Waals surface area contributed by atoms with Crippen LogP contribution in [-0.2, 0) is 0 Å². The molecule has 0 aliphatic rings. The van der Waals surface area contributed by atoms with Crippen LogP contribution < -0.4 is 5.43 Å². The number of anilines is 1. The summed E-state index contributed by atoms with van der Waals surface area (Å²) in [6.45, 7) is 0. The van der Waals surface area contributed by atoms with Gasteiger partial charge in [-0.05, 0) is 36.4 Å². The standard InChI is InChI=1S/C16H11BrFN3/c17-13-6-7-14(18)12(9-13)10-19-21-16-8-5-11-3-1-2-4-15(11)20-16/h1-10H,(H,20,21)/b19-10+. The maximum absolute atomic E-state index is 13.5. The van der Waals surface area contributed by atoms with Crippen molar-refractivity contribution in [1.29, 1.82) is 0 Å². The van der Waals surface area contributed by atoms with Gasteiger partial charge in [0, 0.05) is 15.4 Å². The fraction of sp³-hybridized carbons (Fsp3) is 0. The lowest BCUT2D eigenvalue weighted by Gasteiger charge is -2.02. The normalized spacial score (nSPS) is 11.1. The van der Waals surface area contributed by atoms with Crippen LogP contribution in [0.3, 0.4) is 0 Å². The highest BCUT2D eigenvalue weighted by molar-refractivity contribution is 9.10. The molecule has 0 aliphatic carbocycles. The van der Waals surface area contributed by atoms with Crippen molar-refractivity contribution in [2.75, 3.05) is 5.43 Å². The summed E-state index contributed by atoms with van der Waals surface area (Å²) in [6.07, 6.45) is 1.43. The van der Waals surface area contributed by atoms with Crippen LogP contribution in [-0.4, -0.2) is 11.2 Å². The molecule has 0 amide bonds. The fourth-order valence-electron chi connectivity index (χ4n) is 1.91. The van der Waals surface area contributed by atoms with Crippen LogP contribution in [0.25, 0.3) is 10.9 Å². The highest BCUT2D eigenvalue weighted by Gasteiger charge is 2.00. The number of fused-ring (bicyclic) bond motifs is 1. The molecule has 2 aromatic carbocycles. The van der Waals surface area contributed by atoms with Gasteiger partial charge < -0.3 is 0 Å². The van der Waals surface area contributed by atoms with Gasteiger partial charge in [-0.3, -0.25) is 5.43 Å². The molecular formula is C16H11BrFN3. The van der Waals surface area contributed by atoms with Crippen LogP contribution in [0.1, 0.15) is 5.56 Å². The Morgan fingerprint density at radius 2 is 1.95 bits per heavy atom. The van der Waals surface area contributed by atoms with Crippen LogP contribution in [0.5, 0.6) is 0 Å². The van der Waals surface area contributed by atoms with Crippen molar-refractivity contribution in [2.45, 2.75) is 0 Å². The van der Waals surface area contributed by atoms with Crippen LogP contribution in [0.15, 0.2) is 64.2 Å². The molecule has 3 aromatic rings. The Kier molecular flexibility index (Phi) is 3.92. The van der Waals surface area contributed by atoms with E-state index in [0.717, 1.165) is 15.4 Å². The van der Waals surface area contributed by atoms with Crippen LogP contribution >= 0.6 is 15.9 Å². The molecule has 0 fully saturated rings. The van der Waals surface area contributed by atoms with Crippen molar-refractivity contribution in [2.24, 2.45) is 5.10 Å². The molecule has 3 nitrogen and oxygen atoms in total. The number of nitrogens with one attached hydrogen (secondary N) is 1. The maximum Gasteiger partial charge on any atom is 0.146 e. The van der Waals surface area contributed by atoms with Crippen molar-refractivity contribution < 1.29 is 4.39 Å². The molecule has 0 unspecified atom stereocenters. The highest BCUT2D eigenvalue weighted by Crippen LogP contribution is 2.15. The van der Waals surface area contributed by atoms with Crippen molar-refractivity contribution in [3.8, 4) is 0 Å². The Bertz CT molecular complexity index is 817. The first-order valence-electron chi connectivity index (χ1n) is 6.32. The zero-order valence-electron chi connectivity index (χ0n) is 10.9. The number of para-hydroxylation sites is 1. The number of hydrazone groups is 1. The first-order valence-corrected chi connectivity index (χ1v) is 7.11. The Balaban J connectivity index is 1.79. The third kappa shape index (κ3) is 3.25. The van der Waals surface area contributed by atoms with E-state index in [-0.39, 0.29) is 5.82 Å². The molecular weight excluding hydrogens is 333 g/mol.